The molecular weight excluding hydrogens is 581 g/mol. The molecule has 1 saturated heterocycles. The number of carbonyl (C=O) groups is 2. The molecule has 4 aromatic rings. The minimum Gasteiger partial charge on any atom is -0.406 e. The average Bonchev–Trinajstić information content (AvgIpc) is 3.60. The van der Waals surface area contributed by atoms with Crippen molar-refractivity contribution < 1.29 is 27.5 Å². The van der Waals surface area contributed by atoms with Crippen LogP contribution < -0.4 is 15.0 Å². The summed E-state index contributed by atoms with van der Waals surface area (Å²) in [4.78, 5) is 35.2. The Labute approximate surface area is 249 Å². The number of carbonyl (C=O) groups excluding carboxylic acids is 2. The highest BCUT2D eigenvalue weighted by molar-refractivity contribution is 8.15. The topological polar surface area (TPSA) is 102 Å². The van der Waals surface area contributed by atoms with Gasteiger partial charge in [0.05, 0.1) is 17.1 Å². The van der Waals surface area contributed by atoms with Crippen molar-refractivity contribution >= 4 is 34.6 Å². The number of amidine groups is 1. The van der Waals surface area contributed by atoms with Crippen LogP contribution in [0, 0.1) is 0 Å². The maximum Gasteiger partial charge on any atom is 0.573 e. The van der Waals surface area contributed by atoms with Crippen molar-refractivity contribution in [3.05, 3.63) is 90.3 Å². The number of rotatable bonds is 8. The summed E-state index contributed by atoms with van der Waals surface area (Å²) in [6, 6.07) is 19.9. The Morgan fingerprint density at radius 1 is 1.07 bits per heavy atom. The molecule has 9 nitrogen and oxygen atoms in total. The fourth-order valence-corrected chi connectivity index (χ4v) is 5.30. The number of halogens is 3. The molecule has 0 unspecified atom stereocenters. The second kappa shape index (κ2) is 12.7. The van der Waals surface area contributed by atoms with Crippen LogP contribution in [0.4, 0.5) is 23.7 Å². The van der Waals surface area contributed by atoms with E-state index in [0.29, 0.717) is 29.6 Å². The van der Waals surface area contributed by atoms with Crippen LogP contribution in [0.15, 0.2) is 84.1 Å². The Balaban J connectivity index is 1.16. The van der Waals surface area contributed by atoms with E-state index in [9.17, 15) is 22.8 Å². The number of nitrogens with one attached hydrogen (secondary N) is 1. The number of thioether (sulfide) groups is 1. The smallest absolute Gasteiger partial charge is 0.406 e. The maximum absolute atomic E-state index is 12.6. The predicted octanol–water partition coefficient (Wildman–Crippen LogP) is 6.34. The molecule has 0 aliphatic carbocycles. The highest BCUT2D eigenvalue weighted by atomic mass is 32.2. The van der Waals surface area contributed by atoms with E-state index >= 15 is 0 Å². The molecule has 1 aliphatic rings. The van der Waals surface area contributed by atoms with Crippen LogP contribution in [0.25, 0.3) is 17.1 Å². The van der Waals surface area contributed by atoms with Crippen LogP contribution in [-0.4, -0.2) is 50.5 Å². The Morgan fingerprint density at radius 3 is 2.49 bits per heavy atom. The van der Waals surface area contributed by atoms with E-state index in [-0.39, 0.29) is 23.3 Å². The third-order valence-corrected chi connectivity index (χ3v) is 7.41. The summed E-state index contributed by atoms with van der Waals surface area (Å²) in [6.45, 7) is 4.44. The first-order valence-electron chi connectivity index (χ1n) is 13.4. The molecular formula is C30H27F3N6O3S. The van der Waals surface area contributed by atoms with Crippen LogP contribution >= 0.6 is 11.8 Å². The Kier molecular flexibility index (Phi) is 8.81. The van der Waals surface area contributed by atoms with Crippen LogP contribution in [0.2, 0.25) is 0 Å². The number of urea groups is 1. The molecule has 3 amide bonds. The number of hydrogen-bond acceptors (Lipinski definition) is 6. The lowest BCUT2D eigenvalue weighted by molar-refractivity contribution is -0.274. The van der Waals surface area contributed by atoms with Gasteiger partial charge in [0.2, 0.25) is 5.91 Å². The monoisotopic (exact) mass is 608 g/mol. The molecule has 1 N–H and O–H groups in total. The van der Waals surface area contributed by atoms with Crippen molar-refractivity contribution in [1.29, 1.82) is 0 Å². The van der Waals surface area contributed by atoms with Crippen LogP contribution in [0.1, 0.15) is 30.9 Å². The zero-order valence-corrected chi connectivity index (χ0v) is 24.0. The summed E-state index contributed by atoms with van der Waals surface area (Å²) >= 11 is 1.24. The van der Waals surface area contributed by atoms with Crippen LogP contribution in [0.5, 0.6) is 5.75 Å². The highest BCUT2D eigenvalue weighted by Crippen LogP contribution is 2.33. The van der Waals surface area contributed by atoms with Crippen molar-refractivity contribution in [2.75, 3.05) is 17.2 Å². The third kappa shape index (κ3) is 7.41. The fourth-order valence-electron chi connectivity index (χ4n) is 4.44. The Morgan fingerprint density at radius 2 is 1.79 bits per heavy atom. The van der Waals surface area contributed by atoms with E-state index in [2.05, 4.69) is 39.0 Å². The van der Waals surface area contributed by atoms with Gasteiger partial charge in [-0.1, -0.05) is 68.1 Å². The van der Waals surface area contributed by atoms with Gasteiger partial charge in [0.15, 0.2) is 11.0 Å². The summed E-state index contributed by atoms with van der Waals surface area (Å²) < 4.78 is 42.5. The average molecular weight is 609 g/mol. The molecule has 0 saturated carbocycles. The minimum absolute atomic E-state index is 0.113. The summed E-state index contributed by atoms with van der Waals surface area (Å²) in [7, 11) is 0. The van der Waals surface area contributed by atoms with E-state index in [1.807, 2.05) is 48.5 Å². The summed E-state index contributed by atoms with van der Waals surface area (Å²) in [5.74, 6) is 0.431. The number of hydrogen-bond donors (Lipinski definition) is 1. The quantitative estimate of drug-likeness (QED) is 0.250. The van der Waals surface area contributed by atoms with Gasteiger partial charge in [0.1, 0.15) is 12.1 Å². The van der Waals surface area contributed by atoms with E-state index in [1.165, 1.54) is 51.9 Å². The molecule has 1 aromatic heterocycles. The first-order chi connectivity index (χ1) is 20.6. The maximum atomic E-state index is 12.6. The van der Waals surface area contributed by atoms with Gasteiger partial charge in [-0.25, -0.2) is 14.5 Å². The van der Waals surface area contributed by atoms with Gasteiger partial charge < -0.3 is 10.1 Å². The van der Waals surface area contributed by atoms with Gasteiger partial charge in [0.25, 0.3) is 0 Å². The lowest BCUT2D eigenvalue weighted by atomic mass is 10.0. The number of aromatic nitrogens is 3. The highest BCUT2D eigenvalue weighted by Gasteiger charge is 2.32. The standard InChI is InChI=1S/C30H27F3N6O3S/c1-19(2)24-5-3-4-6-25(24)39-26(40)17-43-29(39)36-28(41)34-16-15-20-7-9-21(10-8-20)27-35-18-38(37-27)22-11-13-23(14-12-22)42-30(31,32)33/h3-14,18-19H,15-17H2,1-2H3,(H,34,41)/b36-29+. The Hall–Kier alpha value is -4.65. The number of nitrogens with zero attached hydrogens (tertiary/aromatic N) is 5. The molecule has 3 aromatic carbocycles. The second-order valence-corrected chi connectivity index (χ2v) is 10.8. The van der Waals surface area contributed by atoms with Crippen LogP contribution in [-0.2, 0) is 11.2 Å². The molecule has 0 spiro atoms. The fraction of sp³-hybridized carbons (Fsp3) is 0.233. The molecule has 1 fully saturated rings. The normalized spacial score (nSPS) is 14.5. The second-order valence-electron chi connectivity index (χ2n) is 9.86. The van der Waals surface area contributed by atoms with Crippen molar-refractivity contribution in [1.82, 2.24) is 20.1 Å². The van der Waals surface area contributed by atoms with Crippen LogP contribution in [0.3, 0.4) is 0 Å². The summed E-state index contributed by atoms with van der Waals surface area (Å²) in [5, 5.41) is 7.56. The molecule has 1 aliphatic heterocycles. The minimum atomic E-state index is -4.76. The molecule has 2 heterocycles. The molecule has 0 atom stereocenters. The number of amides is 3. The predicted molar refractivity (Wildman–Crippen MR) is 158 cm³/mol. The number of ether oxygens (including phenoxy) is 1. The number of para-hydroxylation sites is 1. The molecule has 5 rings (SSSR count). The lowest BCUT2D eigenvalue weighted by Gasteiger charge is -2.21. The zero-order chi connectivity index (χ0) is 30.6. The largest absolute Gasteiger partial charge is 0.573 e. The van der Waals surface area contributed by atoms with E-state index in [4.69, 9.17) is 0 Å². The molecule has 13 heteroatoms. The molecule has 43 heavy (non-hydrogen) atoms. The first kappa shape index (κ1) is 29.8. The van der Waals surface area contributed by atoms with Gasteiger partial charge in [-0.3, -0.25) is 9.69 Å². The number of anilines is 1. The first-order valence-corrected chi connectivity index (χ1v) is 14.3. The lowest BCUT2D eigenvalue weighted by Crippen LogP contribution is -2.32. The third-order valence-electron chi connectivity index (χ3n) is 6.49. The zero-order valence-electron chi connectivity index (χ0n) is 23.2. The van der Waals surface area contributed by atoms with E-state index in [1.54, 1.807) is 0 Å². The van der Waals surface area contributed by atoms with Crippen molar-refractivity contribution in [2.24, 2.45) is 4.99 Å². The Bertz CT molecular complexity index is 1640. The molecule has 0 radical (unpaired) electrons. The SMILES string of the molecule is CC(C)c1ccccc1N1C(=O)CS/C1=N/C(=O)NCCc1ccc(-c2ncn(-c3ccc(OC(F)(F)F)cc3)n2)cc1. The number of alkyl halides is 3. The van der Waals surface area contributed by atoms with Gasteiger partial charge in [0, 0.05) is 12.1 Å². The number of aliphatic imine (C=N–C) groups is 1. The number of benzene rings is 3. The van der Waals surface area contributed by atoms with E-state index in [0.717, 1.165) is 22.4 Å². The van der Waals surface area contributed by atoms with Crippen molar-refractivity contribution in [3.8, 4) is 22.8 Å². The van der Waals surface area contributed by atoms with Crippen molar-refractivity contribution in [3.63, 3.8) is 0 Å². The molecule has 222 valence electrons. The van der Waals surface area contributed by atoms with Gasteiger partial charge >= 0.3 is 12.4 Å². The summed E-state index contributed by atoms with van der Waals surface area (Å²) in [6.07, 6.45) is -2.73. The van der Waals surface area contributed by atoms with Gasteiger partial charge in [-0.05, 0) is 53.8 Å². The van der Waals surface area contributed by atoms with Gasteiger partial charge in [-0.2, -0.15) is 4.99 Å². The van der Waals surface area contributed by atoms with Gasteiger partial charge in [-0.15, -0.1) is 18.3 Å². The van der Waals surface area contributed by atoms with E-state index < -0.39 is 12.4 Å². The van der Waals surface area contributed by atoms with Crippen molar-refractivity contribution in [2.45, 2.75) is 32.5 Å². The summed E-state index contributed by atoms with van der Waals surface area (Å²) in [5.41, 5.74) is 3.99. The molecule has 0 bridgehead atoms.